The first-order chi connectivity index (χ1) is 16.2. The minimum absolute atomic E-state index is 0.0164. The predicted molar refractivity (Wildman–Crippen MR) is 124 cm³/mol. The number of urea groups is 1. The number of amides is 2. The molecule has 0 saturated carbocycles. The van der Waals surface area contributed by atoms with E-state index in [-0.39, 0.29) is 24.0 Å². The van der Waals surface area contributed by atoms with E-state index in [1.165, 1.54) is 12.1 Å². The van der Waals surface area contributed by atoms with Crippen LogP contribution in [0.15, 0.2) is 53.9 Å². The number of alkyl halides is 3. The molecule has 7 nitrogen and oxygen atoms in total. The third-order valence-corrected chi connectivity index (χ3v) is 5.68. The molecule has 3 rings (SSSR count). The first kappa shape index (κ1) is 25.2. The number of thiazole rings is 1. The van der Waals surface area contributed by atoms with Crippen LogP contribution in [0.5, 0.6) is 0 Å². The molecule has 0 bridgehead atoms. The molecule has 0 aliphatic rings. The molecule has 11 heteroatoms. The number of rotatable bonds is 8. The van der Waals surface area contributed by atoms with Crippen molar-refractivity contribution in [2.75, 3.05) is 38.2 Å². The highest BCUT2D eigenvalue weighted by Gasteiger charge is 2.32. The van der Waals surface area contributed by atoms with Crippen molar-refractivity contribution in [3.8, 4) is 17.3 Å². The molecule has 0 aliphatic carbocycles. The van der Waals surface area contributed by atoms with Crippen LogP contribution in [-0.2, 0) is 6.18 Å². The molecule has 0 spiro atoms. The van der Waals surface area contributed by atoms with E-state index in [1.807, 2.05) is 6.07 Å². The number of aliphatic hydroxyl groups excluding tert-OH is 1. The van der Waals surface area contributed by atoms with Crippen molar-refractivity contribution in [3.05, 3.63) is 65.0 Å². The van der Waals surface area contributed by atoms with Crippen molar-refractivity contribution in [1.82, 2.24) is 15.2 Å². The number of nitriles is 1. The molecule has 2 aromatic carbocycles. The lowest BCUT2D eigenvalue weighted by Gasteiger charge is -2.22. The lowest BCUT2D eigenvalue weighted by molar-refractivity contribution is -0.137. The normalized spacial score (nSPS) is 11.3. The van der Waals surface area contributed by atoms with Crippen LogP contribution < -0.4 is 10.2 Å². The summed E-state index contributed by atoms with van der Waals surface area (Å²) in [7, 11) is 1.77. The third kappa shape index (κ3) is 6.32. The number of carbonyl (C=O) groups is 1. The van der Waals surface area contributed by atoms with Gasteiger partial charge in [0.1, 0.15) is 0 Å². The van der Waals surface area contributed by atoms with Crippen LogP contribution in [0, 0.1) is 11.3 Å². The van der Waals surface area contributed by atoms with E-state index in [4.69, 9.17) is 10.4 Å². The van der Waals surface area contributed by atoms with E-state index in [0.29, 0.717) is 29.9 Å². The van der Waals surface area contributed by atoms with Crippen molar-refractivity contribution in [3.63, 3.8) is 0 Å². The van der Waals surface area contributed by atoms with Gasteiger partial charge in [-0.1, -0.05) is 18.2 Å². The number of halogens is 3. The molecular formula is C23H22F3N5O2S. The Hall–Kier alpha value is -3.46. The Morgan fingerprint density at radius 2 is 1.97 bits per heavy atom. The van der Waals surface area contributed by atoms with Gasteiger partial charge in [0.2, 0.25) is 0 Å². The van der Waals surface area contributed by atoms with E-state index in [0.717, 1.165) is 28.4 Å². The molecule has 1 heterocycles. The number of anilines is 2. The van der Waals surface area contributed by atoms with Crippen molar-refractivity contribution in [2.24, 2.45) is 0 Å². The second-order valence-electron chi connectivity index (χ2n) is 7.35. The number of hydrogen-bond acceptors (Lipinski definition) is 6. The highest BCUT2D eigenvalue weighted by molar-refractivity contribution is 7.14. The Morgan fingerprint density at radius 1 is 1.21 bits per heavy atom. The maximum absolute atomic E-state index is 13.3. The van der Waals surface area contributed by atoms with Gasteiger partial charge in [0.15, 0.2) is 5.13 Å². The Kier molecular flexibility index (Phi) is 8.22. The fourth-order valence-corrected chi connectivity index (χ4v) is 3.95. The number of aromatic nitrogens is 1. The van der Waals surface area contributed by atoms with E-state index in [2.05, 4.69) is 10.3 Å². The Balaban J connectivity index is 1.93. The molecule has 3 aromatic rings. The molecule has 178 valence electrons. The minimum Gasteiger partial charge on any atom is -0.395 e. The number of nitrogens with zero attached hydrogens (tertiary/aromatic N) is 4. The minimum atomic E-state index is -4.57. The zero-order valence-corrected chi connectivity index (χ0v) is 19.0. The maximum Gasteiger partial charge on any atom is 0.416 e. The molecule has 0 atom stereocenters. The standard InChI is InChI=1S/C23H22F3N5O2S/c1-30(10-11-32)9-8-28-21(33)31(19-7-3-6-18(13-19)23(24,25)26)22-29-20(15-34-22)17-5-2-4-16(12-17)14-27/h2-7,12-13,15,32H,8-11H2,1H3,(H,28,33). The summed E-state index contributed by atoms with van der Waals surface area (Å²) in [5, 5.41) is 22.7. The first-order valence-corrected chi connectivity index (χ1v) is 11.1. The van der Waals surface area contributed by atoms with E-state index in [1.54, 1.807) is 41.6 Å². The molecule has 2 amide bonds. The molecular weight excluding hydrogens is 467 g/mol. The number of carbonyl (C=O) groups excluding carboxylic acids is 1. The number of benzene rings is 2. The predicted octanol–water partition coefficient (Wildman–Crippen LogP) is 4.47. The summed E-state index contributed by atoms with van der Waals surface area (Å²) in [5.41, 5.74) is 0.708. The van der Waals surface area contributed by atoms with E-state index in [9.17, 15) is 18.0 Å². The van der Waals surface area contributed by atoms with Gasteiger partial charge >= 0.3 is 12.2 Å². The fourth-order valence-electron chi connectivity index (χ4n) is 3.10. The van der Waals surface area contributed by atoms with Crippen LogP contribution >= 0.6 is 11.3 Å². The summed E-state index contributed by atoms with van der Waals surface area (Å²) in [6.07, 6.45) is -4.57. The molecule has 0 fully saturated rings. The molecule has 0 radical (unpaired) electrons. The summed E-state index contributed by atoms with van der Waals surface area (Å²) >= 11 is 1.10. The Morgan fingerprint density at radius 3 is 2.68 bits per heavy atom. The van der Waals surface area contributed by atoms with Gasteiger partial charge in [-0.3, -0.25) is 0 Å². The second kappa shape index (κ2) is 11.1. The van der Waals surface area contributed by atoms with Gasteiger partial charge < -0.3 is 15.3 Å². The molecule has 0 aliphatic heterocycles. The van der Waals surface area contributed by atoms with Gasteiger partial charge in [-0.2, -0.15) is 18.4 Å². The summed E-state index contributed by atoms with van der Waals surface area (Å²) in [4.78, 5) is 20.5. The number of hydrogen-bond donors (Lipinski definition) is 2. The van der Waals surface area contributed by atoms with Crippen LogP contribution in [-0.4, -0.2) is 54.3 Å². The van der Waals surface area contributed by atoms with Gasteiger partial charge in [0.05, 0.1) is 35.2 Å². The highest BCUT2D eigenvalue weighted by atomic mass is 32.1. The summed E-state index contributed by atoms with van der Waals surface area (Å²) in [5.74, 6) is 0. The monoisotopic (exact) mass is 489 g/mol. The zero-order chi connectivity index (χ0) is 24.7. The topological polar surface area (TPSA) is 92.5 Å². The Bertz CT molecular complexity index is 1180. The van der Waals surface area contributed by atoms with Crippen molar-refractivity contribution < 1.29 is 23.1 Å². The lowest BCUT2D eigenvalue weighted by atomic mass is 10.1. The van der Waals surface area contributed by atoms with Gasteiger partial charge in [0, 0.05) is 30.6 Å². The highest BCUT2D eigenvalue weighted by Crippen LogP contribution is 2.36. The maximum atomic E-state index is 13.3. The molecule has 1 aromatic heterocycles. The van der Waals surface area contributed by atoms with Gasteiger partial charge in [-0.25, -0.2) is 14.7 Å². The van der Waals surface area contributed by atoms with E-state index >= 15 is 0 Å². The number of aliphatic hydroxyl groups is 1. The molecule has 34 heavy (non-hydrogen) atoms. The number of likely N-dealkylation sites (N-methyl/N-ethyl adjacent to an activating group) is 1. The largest absolute Gasteiger partial charge is 0.416 e. The van der Waals surface area contributed by atoms with Crippen LogP contribution in [0.2, 0.25) is 0 Å². The average Bonchev–Trinajstić information content (AvgIpc) is 3.29. The van der Waals surface area contributed by atoms with Gasteiger partial charge in [-0.15, -0.1) is 11.3 Å². The quantitative estimate of drug-likeness (QED) is 0.487. The lowest BCUT2D eigenvalue weighted by Crippen LogP contribution is -2.41. The summed E-state index contributed by atoms with van der Waals surface area (Å²) in [6.45, 7) is 1.04. The van der Waals surface area contributed by atoms with Crippen molar-refractivity contribution in [2.45, 2.75) is 6.18 Å². The third-order valence-electron chi connectivity index (χ3n) is 4.86. The van der Waals surface area contributed by atoms with Crippen LogP contribution in [0.3, 0.4) is 0 Å². The number of nitrogens with one attached hydrogen (secondary N) is 1. The van der Waals surface area contributed by atoms with Crippen molar-refractivity contribution >= 4 is 28.2 Å². The molecule has 2 N–H and O–H groups in total. The van der Waals surface area contributed by atoms with Crippen LogP contribution in [0.4, 0.5) is 28.8 Å². The van der Waals surface area contributed by atoms with Gasteiger partial charge in [-0.05, 0) is 37.4 Å². The zero-order valence-electron chi connectivity index (χ0n) is 18.2. The second-order valence-corrected chi connectivity index (χ2v) is 8.19. The van der Waals surface area contributed by atoms with Gasteiger partial charge in [0.25, 0.3) is 0 Å². The van der Waals surface area contributed by atoms with Crippen LogP contribution in [0.25, 0.3) is 11.3 Å². The average molecular weight is 490 g/mol. The summed E-state index contributed by atoms with van der Waals surface area (Å²) in [6, 6.07) is 12.6. The van der Waals surface area contributed by atoms with Crippen LogP contribution in [0.1, 0.15) is 11.1 Å². The molecule has 0 unspecified atom stereocenters. The van der Waals surface area contributed by atoms with E-state index < -0.39 is 17.8 Å². The smallest absolute Gasteiger partial charge is 0.395 e. The first-order valence-electron chi connectivity index (χ1n) is 10.2. The Labute approximate surface area is 198 Å². The SMILES string of the molecule is CN(CCO)CCNC(=O)N(c1cccc(C(F)(F)F)c1)c1nc(-c2cccc(C#N)c2)cs1. The summed E-state index contributed by atoms with van der Waals surface area (Å²) < 4.78 is 39.9. The molecule has 0 saturated heterocycles. The fraction of sp³-hybridized carbons (Fsp3) is 0.261. The van der Waals surface area contributed by atoms with Crippen molar-refractivity contribution in [1.29, 1.82) is 5.26 Å².